The van der Waals surface area contributed by atoms with Crippen LogP contribution in [0.4, 0.5) is 21.6 Å². The van der Waals surface area contributed by atoms with Gasteiger partial charge in [-0.15, -0.1) is 0 Å². The Labute approximate surface area is 162 Å². The van der Waals surface area contributed by atoms with E-state index >= 15 is 0 Å². The summed E-state index contributed by atoms with van der Waals surface area (Å²) in [6, 6.07) is 6.59. The number of fused-ring (bicyclic) bond motifs is 1. The minimum Gasteiger partial charge on any atom is -0.489 e. The summed E-state index contributed by atoms with van der Waals surface area (Å²) in [6.45, 7) is 0.808. The predicted molar refractivity (Wildman–Crippen MR) is 104 cm³/mol. The van der Waals surface area contributed by atoms with Gasteiger partial charge in [0.2, 0.25) is 0 Å². The van der Waals surface area contributed by atoms with Crippen LogP contribution in [0, 0.1) is 5.82 Å². The van der Waals surface area contributed by atoms with Crippen molar-refractivity contribution in [2.75, 3.05) is 31.4 Å². The first-order chi connectivity index (χ1) is 12.5. The summed E-state index contributed by atoms with van der Waals surface area (Å²) in [4.78, 5) is 8.40. The van der Waals surface area contributed by atoms with Crippen LogP contribution in [-0.4, -0.2) is 30.3 Å². The first-order valence-corrected chi connectivity index (χ1v) is 8.75. The molecular formula is C17H15BrClFN4O2. The summed E-state index contributed by atoms with van der Waals surface area (Å²) in [6.07, 6.45) is 1.37. The van der Waals surface area contributed by atoms with Gasteiger partial charge in [-0.25, -0.2) is 14.4 Å². The highest BCUT2D eigenvalue weighted by Crippen LogP contribution is 2.34. The Bertz CT molecular complexity index is 958. The molecule has 3 aromatic rings. The average Bonchev–Trinajstić information content (AvgIpc) is 2.63. The summed E-state index contributed by atoms with van der Waals surface area (Å²) in [5.41, 5.74) is 7.27. The zero-order valence-corrected chi connectivity index (χ0v) is 16.1. The zero-order chi connectivity index (χ0) is 18.7. The number of anilines is 3. The molecule has 3 rings (SSSR count). The first-order valence-electron chi connectivity index (χ1n) is 7.57. The van der Waals surface area contributed by atoms with Crippen molar-refractivity contribution in [2.45, 2.75) is 0 Å². The van der Waals surface area contributed by atoms with Gasteiger partial charge < -0.3 is 20.5 Å². The Morgan fingerprint density at radius 3 is 2.85 bits per heavy atom. The summed E-state index contributed by atoms with van der Waals surface area (Å²) in [5, 5.41) is 3.55. The second kappa shape index (κ2) is 8.03. The SMILES string of the molecule is COCCOc1cc2ncnc(Nc3ccc(Br)c(Cl)c3F)c2cc1N. The summed E-state index contributed by atoms with van der Waals surface area (Å²) < 4.78 is 25.3. The molecule has 0 fully saturated rings. The minimum atomic E-state index is -0.583. The maximum absolute atomic E-state index is 14.3. The third-order valence-electron chi connectivity index (χ3n) is 3.60. The topological polar surface area (TPSA) is 82.3 Å². The second-order valence-corrected chi connectivity index (χ2v) is 6.55. The molecule has 136 valence electrons. The lowest BCUT2D eigenvalue weighted by Gasteiger charge is -2.13. The molecule has 26 heavy (non-hydrogen) atoms. The van der Waals surface area contributed by atoms with Crippen LogP contribution < -0.4 is 15.8 Å². The van der Waals surface area contributed by atoms with Crippen molar-refractivity contribution in [1.29, 1.82) is 0 Å². The Hall–Kier alpha value is -2.16. The van der Waals surface area contributed by atoms with Gasteiger partial charge in [-0.05, 0) is 34.1 Å². The highest BCUT2D eigenvalue weighted by Gasteiger charge is 2.14. The fourth-order valence-electron chi connectivity index (χ4n) is 2.31. The fourth-order valence-corrected chi connectivity index (χ4v) is 2.78. The average molecular weight is 442 g/mol. The molecular weight excluding hydrogens is 427 g/mol. The molecule has 2 aromatic carbocycles. The zero-order valence-electron chi connectivity index (χ0n) is 13.7. The lowest BCUT2D eigenvalue weighted by atomic mass is 10.2. The molecule has 1 aromatic heterocycles. The highest BCUT2D eigenvalue weighted by molar-refractivity contribution is 9.10. The van der Waals surface area contributed by atoms with Crippen LogP contribution in [0.2, 0.25) is 5.02 Å². The molecule has 0 saturated carbocycles. The van der Waals surface area contributed by atoms with Crippen molar-refractivity contribution in [3.8, 4) is 5.75 Å². The van der Waals surface area contributed by atoms with Gasteiger partial charge in [-0.2, -0.15) is 0 Å². The predicted octanol–water partition coefficient (Wildman–Crippen LogP) is 4.54. The Balaban J connectivity index is 1.97. The molecule has 0 aliphatic carbocycles. The van der Waals surface area contributed by atoms with E-state index in [1.807, 2.05) is 0 Å². The molecule has 9 heteroatoms. The Morgan fingerprint density at radius 2 is 2.08 bits per heavy atom. The largest absolute Gasteiger partial charge is 0.489 e. The van der Waals surface area contributed by atoms with Gasteiger partial charge in [0.15, 0.2) is 5.82 Å². The van der Waals surface area contributed by atoms with Crippen molar-refractivity contribution < 1.29 is 13.9 Å². The van der Waals surface area contributed by atoms with Gasteiger partial charge in [-0.3, -0.25) is 0 Å². The number of nitrogen functional groups attached to an aromatic ring is 1. The van der Waals surface area contributed by atoms with Crippen molar-refractivity contribution in [3.05, 3.63) is 45.9 Å². The van der Waals surface area contributed by atoms with Crippen LogP contribution in [0.5, 0.6) is 5.75 Å². The quantitative estimate of drug-likeness (QED) is 0.332. The van der Waals surface area contributed by atoms with E-state index in [0.29, 0.717) is 45.8 Å². The van der Waals surface area contributed by atoms with Crippen LogP contribution in [0.25, 0.3) is 10.9 Å². The monoisotopic (exact) mass is 440 g/mol. The molecule has 0 atom stereocenters. The molecule has 0 saturated heterocycles. The summed E-state index contributed by atoms with van der Waals surface area (Å²) in [7, 11) is 1.59. The number of benzene rings is 2. The van der Waals surface area contributed by atoms with Crippen LogP contribution in [0.3, 0.4) is 0 Å². The van der Waals surface area contributed by atoms with Gasteiger partial charge in [0.05, 0.1) is 28.5 Å². The molecule has 0 radical (unpaired) electrons. The number of halogens is 3. The third kappa shape index (κ3) is 3.82. The summed E-state index contributed by atoms with van der Waals surface area (Å²) in [5.74, 6) is 0.319. The van der Waals surface area contributed by atoms with E-state index in [-0.39, 0.29) is 10.7 Å². The van der Waals surface area contributed by atoms with Crippen LogP contribution in [0.15, 0.2) is 35.1 Å². The first kappa shape index (κ1) is 18.6. The normalized spacial score (nSPS) is 10.9. The maximum atomic E-state index is 14.3. The van der Waals surface area contributed by atoms with E-state index in [1.54, 1.807) is 31.4 Å². The minimum absolute atomic E-state index is 0.0123. The van der Waals surface area contributed by atoms with Crippen molar-refractivity contribution in [1.82, 2.24) is 9.97 Å². The summed E-state index contributed by atoms with van der Waals surface area (Å²) >= 11 is 9.12. The molecule has 0 amide bonds. The molecule has 6 nitrogen and oxygen atoms in total. The van der Waals surface area contributed by atoms with E-state index in [2.05, 4.69) is 31.2 Å². The standard InChI is InChI=1S/C17H15BrClFN4O2/c1-25-4-5-26-14-7-13-9(6-11(14)21)17(23-8-22-13)24-12-3-2-10(18)15(19)16(12)20/h2-3,6-8H,4-5,21H2,1H3,(H,22,23,24). The number of aromatic nitrogens is 2. The number of rotatable bonds is 6. The number of methoxy groups -OCH3 is 1. The number of nitrogens with two attached hydrogens (primary N) is 1. The van der Waals surface area contributed by atoms with Gasteiger partial charge in [0, 0.05) is 23.0 Å². The number of nitrogens with one attached hydrogen (secondary N) is 1. The van der Waals surface area contributed by atoms with Crippen LogP contribution in [-0.2, 0) is 4.74 Å². The van der Waals surface area contributed by atoms with Crippen LogP contribution >= 0.6 is 27.5 Å². The molecule has 0 aliphatic rings. The Morgan fingerprint density at radius 1 is 1.27 bits per heavy atom. The van der Waals surface area contributed by atoms with Crippen molar-refractivity contribution in [3.63, 3.8) is 0 Å². The van der Waals surface area contributed by atoms with E-state index in [0.717, 1.165) is 0 Å². The number of nitrogens with zero attached hydrogens (tertiary/aromatic N) is 2. The molecule has 0 aliphatic heterocycles. The lowest BCUT2D eigenvalue weighted by Crippen LogP contribution is -2.06. The van der Waals surface area contributed by atoms with E-state index in [9.17, 15) is 4.39 Å². The smallest absolute Gasteiger partial charge is 0.166 e. The third-order valence-corrected chi connectivity index (χ3v) is 4.86. The van der Waals surface area contributed by atoms with E-state index in [1.165, 1.54) is 6.33 Å². The number of hydrogen-bond acceptors (Lipinski definition) is 6. The van der Waals surface area contributed by atoms with Gasteiger partial charge in [0.25, 0.3) is 0 Å². The number of ether oxygens (including phenoxy) is 2. The lowest BCUT2D eigenvalue weighted by molar-refractivity contribution is 0.147. The van der Waals surface area contributed by atoms with E-state index in [4.69, 9.17) is 26.8 Å². The highest BCUT2D eigenvalue weighted by atomic mass is 79.9. The Kier molecular flexibility index (Phi) is 5.75. The molecule has 0 spiro atoms. The van der Waals surface area contributed by atoms with Crippen molar-refractivity contribution in [2.24, 2.45) is 0 Å². The molecule has 0 bridgehead atoms. The molecule has 3 N–H and O–H groups in total. The number of hydrogen-bond donors (Lipinski definition) is 2. The van der Waals surface area contributed by atoms with Gasteiger partial charge in [-0.1, -0.05) is 11.6 Å². The van der Waals surface area contributed by atoms with Gasteiger partial charge >= 0.3 is 0 Å². The van der Waals surface area contributed by atoms with Crippen molar-refractivity contribution >= 4 is 55.6 Å². The maximum Gasteiger partial charge on any atom is 0.166 e. The second-order valence-electron chi connectivity index (χ2n) is 5.32. The van der Waals surface area contributed by atoms with Crippen LogP contribution in [0.1, 0.15) is 0 Å². The molecule has 0 unspecified atom stereocenters. The van der Waals surface area contributed by atoms with Gasteiger partial charge in [0.1, 0.15) is 24.5 Å². The molecule has 1 heterocycles. The fraction of sp³-hybridized carbons (Fsp3) is 0.176. The van der Waals surface area contributed by atoms with E-state index < -0.39 is 5.82 Å².